The van der Waals surface area contributed by atoms with E-state index in [0.29, 0.717) is 0 Å². The third kappa shape index (κ3) is 7.52. The van der Waals surface area contributed by atoms with Crippen molar-refractivity contribution in [2.45, 2.75) is 37.6 Å². The van der Waals surface area contributed by atoms with E-state index in [2.05, 4.69) is 20.8 Å². The number of carbonyl (C=O) groups is 6. The molecule has 0 spiro atoms. The molecule has 4 amide bonds. The van der Waals surface area contributed by atoms with Crippen LogP contribution in [0.2, 0.25) is 0 Å². The van der Waals surface area contributed by atoms with Crippen molar-refractivity contribution >= 4 is 67.9 Å². The molecule has 238 valence electrons. The second-order valence-electron chi connectivity index (χ2n) is 9.52. The van der Waals surface area contributed by atoms with E-state index in [-0.39, 0.29) is 20.7 Å². The molecule has 1 saturated heterocycles. The Labute approximate surface area is 251 Å². The molecule has 1 unspecified atom stereocenters. The number of carboxylic acid groups (broad SMARTS) is 1. The lowest BCUT2D eigenvalue weighted by Crippen LogP contribution is -2.74. The molecule has 2 heterocycles. The van der Waals surface area contributed by atoms with Crippen molar-refractivity contribution in [3.8, 4) is 0 Å². The third-order valence-corrected chi connectivity index (χ3v) is 7.58. The molecular weight excluding hydrogens is 634 g/mol. The van der Waals surface area contributed by atoms with E-state index < -0.39 is 94.0 Å². The van der Waals surface area contributed by atoms with Crippen LogP contribution in [0.5, 0.6) is 0 Å². The molecule has 1 fully saturated rings. The quantitative estimate of drug-likeness (QED) is 0.0373. The largest absolute Gasteiger partial charge is 0.504 e. The van der Waals surface area contributed by atoms with E-state index >= 15 is 0 Å². The molecule has 3 rings (SSSR count). The number of rotatable bonds is 11. The summed E-state index contributed by atoms with van der Waals surface area (Å²) >= 11 is 0.874. The molecule has 0 saturated carbocycles. The van der Waals surface area contributed by atoms with Gasteiger partial charge in [-0.2, -0.15) is 8.42 Å². The Balaban J connectivity index is 1.73. The normalized spacial score (nSPS) is 20.6. The van der Waals surface area contributed by atoms with Crippen LogP contribution >= 0.6 is 11.3 Å². The van der Waals surface area contributed by atoms with Gasteiger partial charge < -0.3 is 41.8 Å². The molecule has 0 bridgehead atoms. The number of amides is 4. The molecule has 1 aliphatic heterocycles. The van der Waals surface area contributed by atoms with Crippen LogP contribution in [0.4, 0.5) is 5.13 Å². The Hall–Kier alpha value is -4.93. The molecule has 9 N–H and O–H groups in total. The number of anilines is 1. The van der Waals surface area contributed by atoms with Crippen LogP contribution in [0.15, 0.2) is 34.0 Å². The van der Waals surface area contributed by atoms with Crippen molar-refractivity contribution in [3.05, 3.63) is 34.6 Å². The lowest BCUT2D eigenvalue weighted by Gasteiger charge is -2.44. The number of aliphatic carboxylic acids is 1. The number of nitrogen functional groups attached to an aromatic ring is 1. The maximum Gasteiger partial charge on any atom is 0.362 e. The number of aliphatic hydroxyl groups is 2. The van der Waals surface area contributed by atoms with Gasteiger partial charge in [0.25, 0.3) is 11.8 Å². The summed E-state index contributed by atoms with van der Waals surface area (Å²) in [5.41, 5.74) is 2.74. The number of thiazole rings is 1. The molecule has 0 radical (unpaired) electrons. The minimum Gasteiger partial charge on any atom is -0.504 e. The van der Waals surface area contributed by atoms with E-state index in [9.17, 15) is 57.1 Å². The van der Waals surface area contributed by atoms with Crippen LogP contribution in [0.25, 0.3) is 0 Å². The zero-order chi connectivity index (χ0) is 33.1. The van der Waals surface area contributed by atoms with Crippen molar-refractivity contribution in [1.29, 1.82) is 0 Å². The number of nitrogens with one attached hydrogen (secondary N) is 3. The number of β-lactam (4-membered cyclic amide) rings is 1. The van der Waals surface area contributed by atoms with Crippen LogP contribution in [0, 0.1) is 0 Å². The molecule has 2 aliphatic rings. The Morgan fingerprint density at radius 2 is 1.82 bits per heavy atom. The number of oxime groups is 1. The Morgan fingerprint density at radius 3 is 2.39 bits per heavy atom. The smallest absolute Gasteiger partial charge is 0.362 e. The lowest BCUT2D eigenvalue weighted by molar-refractivity contribution is -0.161. The number of hydrogen-bond donors (Lipinski definition) is 8. The number of carboxylic acids is 1. The van der Waals surface area contributed by atoms with Gasteiger partial charge in [0.05, 0.1) is 12.1 Å². The summed E-state index contributed by atoms with van der Waals surface area (Å²) < 4.78 is 33.0. The fourth-order valence-corrected chi connectivity index (χ4v) is 4.96. The molecular formula is C22H25N7O13S2. The maximum atomic E-state index is 13.1. The molecule has 1 aliphatic carbocycles. The van der Waals surface area contributed by atoms with Gasteiger partial charge in [0.2, 0.25) is 11.4 Å². The zero-order valence-corrected chi connectivity index (χ0v) is 24.2. The van der Waals surface area contributed by atoms with E-state index in [1.54, 1.807) is 0 Å². The number of aliphatic hydroxyl groups excluding tert-OH is 2. The zero-order valence-electron chi connectivity index (χ0n) is 22.6. The van der Waals surface area contributed by atoms with E-state index in [4.69, 9.17) is 10.6 Å². The number of allylic oxidation sites excluding steroid dienone is 1. The van der Waals surface area contributed by atoms with Crippen LogP contribution in [0.3, 0.4) is 0 Å². The second-order valence-corrected chi connectivity index (χ2v) is 11.7. The molecule has 1 aromatic heterocycles. The highest BCUT2D eigenvalue weighted by molar-refractivity contribution is 7.84. The molecule has 44 heavy (non-hydrogen) atoms. The van der Waals surface area contributed by atoms with Gasteiger partial charge in [-0.05, 0) is 31.6 Å². The van der Waals surface area contributed by atoms with Crippen LogP contribution < -0.4 is 21.7 Å². The average Bonchev–Trinajstić information content (AvgIpc) is 3.35. The van der Waals surface area contributed by atoms with Gasteiger partial charge in [0.15, 0.2) is 16.6 Å². The standard InChI is InChI=1S/C22H25N7O13S2/c1-22(2,20(37)38)42-28-14(9-7-43-21(23)26-9)16(33)27-15-10(29(19(15)36)44(39,40)41)6-25-18(35)17(34)24-5-8-3-12(31)13(32)4-11(8)30/h3-4,7,10-11,15,30,32H,5-6H2,1-2H3,(H2,23,26)(H,24,34)(H,25,35)(H,27,33)(H,37,38)(H,39,40,41)/b28-14-/t10-,11?,15+/m1/s1. The highest BCUT2D eigenvalue weighted by Gasteiger charge is 2.54. The second kappa shape index (κ2) is 12.7. The van der Waals surface area contributed by atoms with E-state index in [1.165, 1.54) is 5.38 Å². The first-order valence-corrected chi connectivity index (χ1v) is 14.3. The summed E-state index contributed by atoms with van der Waals surface area (Å²) in [5, 5.41) is 39.5. The first-order chi connectivity index (χ1) is 20.3. The Kier molecular flexibility index (Phi) is 9.72. The van der Waals surface area contributed by atoms with Gasteiger partial charge in [0, 0.05) is 18.5 Å². The number of ketones is 1. The van der Waals surface area contributed by atoms with Crippen LogP contribution in [-0.2, 0) is 43.9 Å². The Bertz CT molecular complexity index is 1610. The summed E-state index contributed by atoms with van der Waals surface area (Å²) in [7, 11) is -5.21. The third-order valence-electron chi connectivity index (χ3n) is 5.96. The van der Waals surface area contributed by atoms with Gasteiger partial charge in [-0.25, -0.2) is 14.1 Å². The monoisotopic (exact) mass is 659 g/mol. The highest BCUT2D eigenvalue weighted by atomic mass is 32.2. The molecule has 3 atom stereocenters. The summed E-state index contributed by atoms with van der Waals surface area (Å²) in [4.78, 5) is 81.9. The number of nitrogens with zero attached hydrogens (tertiary/aromatic N) is 3. The van der Waals surface area contributed by atoms with Crippen molar-refractivity contribution in [2.75, 3.05) is 18.8 Å². The van der Waals surface area contributed by atoms with Gasteiger partial charge in [0.1, 0.15) is 11.7 Å². The van der Waals surface area contributed by atoms with Crippen molar-refractivity contribution in [3.63, 3.8) is 0 Å². The van der Waals surface area contributed by atoms with Gasteiger partial charge >= 0.3 is 28.1 Å². The predicted molar refractivity (Wildman–Crippen MR) is 146 cm³/mol. The SMILES string of the molecule is CC(C)(O/N=C(\C(=O)N[C@@H]1C(=O)N(S(=O)(=O)O)[C@@H]1CNC(=O)C(=O)NCC1=CC(=O)C(O)=CC1O)c1csc(N)n1)C(=O)O. The van der Waals surface area contributed by atoms with Crippen molar-refractivity contribution in [2.24, 2.45) is 5.16 Å². The molecule has 22 heteroatoms. The summed E-state index contributed by atoms with van der Waals surface area (Å²) in [6, 6.07) is -3.39. The molecule has 20 nitrogen and oxygen atoms in total. The summed E-state index contributed by atoms with van der Waals surface area (Å²) in [6.07, 6.45) is 0.231. The van der Waals surface area contributed by atoms with Crippen molar-refractivity contribution < 1.29 is 61.9 Å². The average molecular weight is 660 g/mol. The number of hydrogen-bond acceptors (Lipinski definition) is 15. The fourth-order valence-electron chi connectivity index (χ4n) is 3.53. The fraction of sp³-hybridized carbons (Fsp3) is 0.364. The van der Waals surface area contributed by atoms with E-state index in [1.807, 2.05) is 5.32 Å². The number of nitrogens with two attached hydrogens (primary N) is 1. The molecule has 0 aromatic carbocycles. The molecule has 1 aromatic rings. The minimum atomic E-state index is -5.21. The first kappa shape index (κ1) is 33.6. The lowest BCUT2D eigenvalue weighted by atomic mass is 9.98. The van der Waals surface area contributed by atoms with Crippen LogP contribution in [-0.4, -0.2) is 116 Å². The van der Waals surface area contributed by atoms with Gasteiger partial charge in [-0.1, -0.05) is 5.16 Å². The topological polar surface area (TPSA) is 317 Å². The number of carbonyl (C=O) groups excluding carboxylic acids is 5. The van der Waals surface area contributed by atoms with Gasteiger partial charge in [-0.15, -0.1) is 11.3 Å². The summed E-state index contributed by atoms with van der Waals surface area (Å²) in [6.45, 7) is 0.938. The van der Waals surface area contributed by atoms with Crippen LogP contribution in [0.1, 0.15) is 19.5 Å². The predicted octanol–water partition coefficient (Wildman–Crippen LogP) is -3.65. The van der Waals surface area contributed by atoms with E-state index in [0.717, 1.165) is 37.3 Å². The summed E-state index contributed by atoms with van der Waals surface area (Å²) in [5.74, 6) is -8.25. The van der Waals surface area contributed by atoms with Crippen molar-refractivity contribution in [1.82, 2.24) is 25.2 Å². The first-order valence-electron chi connectivity index (χ1n) is 12.1. The number of aromatic nitrogens is 1. The highest BCUT2D eigenvalue weighted by Crippen LogP contribution is 2.24. The van der Waals surface area contributed by atoms with Gasteiger partial charge in [-0.3, -0.25) is 28.5 Å². The maximum absolute atomic E-state index is 13.1. The minimum absolute atomic E-state index is 0.0235. The Morgan fingerprint density at radius 1 is 1.18 bits per heavy atom.